The molecule has 3 heterocycles. The number of phenols is 1. The first-order valence-electron chi connectivity index (χ1n) is 11.1. The van der Waals surface area contributed by atoms with E-state index in [1.54, 1.807) is 23.9 Å². The van der Waals surface area contributed by atoms with E-state index in [1.165, 1.54) is 16.2 Å². The summed E-state index contributed by atoms with van der Waals surface area (Å²) < 4.78 is 0. The molecule has 2 bridgehead atoms. The Morgan fingerprint density at radius 3 is 2.33 bits per heavy atom. The fraction of sp³-hybridized carbons (Fsp3) is 0.320. The van der Waals surface area contributed by atoms with E-state index in [2.05, 4.69) is 4.98 Å². The highest BCUT2D eigenvalue weighted by Crippen LogP contribution is 2.68. The number of H-pyrrole nitrogens is 1. The van der Waals surface area contributed by atoms with E-state index in [1.807, 2.05) is 42.5 Å². The number of fused-ring (bicyclic) bond motifs is 9. The van der Waals surface area contributed by atoms with Gasteiger partial charge in [-0.05, 0) is 54.0 Å². The molecule has 3 aromatic rings. The van der Waals surface area contributed by atoms with Crippen LogP contribution in [0, 0.1) is 29.6 Å². The first kappa shape index (κ1) is 19.6. The van der Waals surface area contributed by atoms with Crippen LogP contribution in [-0.2, 0) is 9.59 Å². The van der Waals surface area contributed by atoms with Crippen molar-refractivity contribution < 1.29 is 14.7 Å². The van der Waals surface area contributed by atoms with Crippen molar-refractivity contribution in [1.29, 1.82) is 0 Å². The van der Waals surface area contributed by atoms with Crippen LogP contribution in [-0.4, -0.2) is 27.2 Å². The minimum atomic E-state index is -0.304. The van der Waals surface area contributed by atoms with Crippen LogP contribution in [0.3, 0.4) is 0 Å². The summed E-state index contributed by atoms with van der Waals surface area (Å²) in [5.74, 6) is -0.213. The number of rotatable bonds is 2. The lowest BCUT2D eigenvalue weighted by Gasteiger charge is -2.43. The number of nitrogens with one attached hydrogen (secondary N) is 1. The second-order valence-electron chi connectivity index (χ2n) is 9.40. The first-order chi connectivity index (χ1) is 16.0. The highest BCUT2D eigenvalue weighted by atomic mass is 32.2. The average Bonchev–Trinajstić information content (AvgIpc) is 3.54. The zero-order chi connectivity index (χ0) is 22.4. The minimum Gasteiger partial charge on any atom is -0.508 e. The molecule has 2 aliphatic carbocycles. The summed E-state index contributed by atoms with van der Waals surface area (Å²) >= 11 is 2.93. The van der Waals surface area contributed by atoms with Gasteiger partial charge in [0.2, 0.25) is 11.8 Å². The van der Waals surface area contributed by atoms with Crippen LogP contribution in [0.1, 0.15) is 22.8 Å². The van der Waals surface area contributed by atoms with Gasteiger partial charge in [-0.25, -0.2) is 0 Å². The summed E-state index contributed by atoms with van der Waals surface area (Å²) in [6.45, 7) is 0. The van der Waals surface area contributed by atoms with Crippen LogP contribution in [0.2, 0.25) is 0 Å². The third-order valence-electron chi connectivity index (χ3n) is 7.99. The lowest BCUT2D eigenvalue weighted by molar-refractivity contribution is -0.123. The predicted molar refractivity (Wildman–Crippen MR) is 126 cm³/mol. The fourth-order valence-electron chi connectivity index (χ4n) is 6.90. The van der Waals surface area contributed by atoms with E-state index >= 15 is 0 Å². The van der Waals surface area contributed by atoms with E-state index in [4.69, 9.17) is 0 Å². The molecule has 2 aliphatic heterocycles. The molecule has 0 spiro atoms. The SMILES string of the molecule is O=C1[C@@H]2[C@H]3C[C@@H]([C@@H]2C(=O)N1c1ccccc1)[C@@H]1[C@@H](c2ccc(O)cc2)c2sc(=O)[nH]c2S[C@H]31. The summed E-state index contributed by atoms with van der Waals surface area (Å²) in [7, 11) is 0. The molecular formula is C25H20N2O4S2. The molecule has 7 rings (SSSR count). The van der Waals surface area contributed by atoms with Gasteiger partial charge in [-0.15, -0.1) is 11.8 Å². The molecular weight excluding hydrogens is 456 g/mol. The van der Waals surface area contributed by atoms with Gasteiger partial charge in [-0.3, -0.25) is 19.3 Å². The number of benzene rings is 2. The number of aromatic amines is 1. The lowest BCUT2D eigenvalue weighted by Crippen LogP contribution is -2.42. The number of aromatic hydroxyl groups is 1. The van der Waals surface area contributed by atoms with E-state index in [9.17, 15) is 19.5 Å². The summed E-state index contributed by atoms with van der Waals surface area (Å²) in [6.07, 6.45) is 0.867. The largest absolute Gasteiger partial charge is 0.508 e. The number of carbonyl (C=O) groups excluding carboxylic acids is 2. The Kier molecular flexibility index (Phi) is 4.06. The molecule has 1 aromatic heterocycles. The van der Waals surface area contributed by atoms with Crippen LogP contribution in [0.15, 0.2) is 64.4 Å². The Hall–Kier alpha value is -2.84. The maximum atomic E-state index is 13.6. The number of phenolic OH excluding ortho intramolecular Hbond substituents is 1. The van der Waals surface area contributed by atoms with Gasteiger partial charge in [-0.1, -0.05) is 41.7 Å². The van der Waals surface area contributed by atoms with Crippen molar-refractivity contribution >= 4 is 40.6 Å². The Labute approximate surface area is 197 Å². The summed E-state index contributed by atoms with van der Waals surface area (Å²) in [4.78, 5) is 44.8. The third kappa shape index (κ3) is 2.59. The Bertz CT molecular complexity index is 1350. The molecule has 33 heavy (non-hydrogen) atoms. The van der Waals surface area contributed by atoms with Gasteiger partial charge in [0.25, 0.3) is 0 Å². The average molecular weight is 477 g/mol. The summed E-state index contributed by atoms with van der Waals surface area (Å²) in [6, 6.07) is 16.4. The number of amides is 2. The van der Waals surface area contributed by atoms with Crippen molar-refractivity contribution in [3.63, 3.8) is 0 Å². The molecule has 1 saturated heterocycles. The standard InChI is InChI=1S/C25H20N2O4S2/c28-13-8-6-11(7-9-13)16-17-14-10-15(20(17)32-22-21(16)33-25(31)26-22)19-18(14)23(29)27(24(19)30)12-4-2-1-3-5-12/h1-9,14-20,28H,10H2,(H,26,31)/t14-,15-,16-,17-,18+,19-,20-/m1/s1. The quantitative estimate of drug-likeness (QED) is 0.549. The number of anilines is 1. The van der Waals surface area contributed by atoms with Gasteiger partial charge < -0.3 is 10.1 Å². The van der Waals surface area contributed by atoms with E-state index in [-0.39, 0.29) is 63.2 Å². The second-order valence-corrected chi connectivity index (χ2v) is 11.6. The van der Waals surface area contributed by atoms with E-state index in [0.717, 1.165) is 21.9 Å². The number of nitrogens with zero attached hydrogens (tertiary/aromatic N) is 1. The summed E-state index contributed by atoms with van der Waals surface area (Å²) in [5.41, 5.74) is 1.69. The van der Waals surface area contributed by atoms with Crippen LogP contribution < -0.4 is 9.77 Å². The number of hydrogen-bond donors (Lipinski definition) is 2. The number of thiazole rings is 1. The molecule has 2 amide bonds. The number of para-hydroxylation sites is 1. The maximum Gasteiger partial charge on any atom is 0.305 e. The van der Waals surface area contributed by atoms with Crippen molar-refractivity contribution in [1.82, 2.24) is 4.98 Å². The molecule has 0 unspecified atom stereocenters. The zero-order valence-corrected chi connectivity index (χ0v) is 19.0. The fourth-order valence-corrected chi connectivity index (χ4v) is 9.79. The molecule has 0 radical (unpaired) electrons. The van der Waals surface area contributed by atoms with Gasteiger partial charge in [0.05, 0.1) is 22.5 Å². The van der Waals surface area contributed by atoms with Gasteiger partial charge >= 0.3 is 4.87 Å². The number of carbonyl (C=O) groups is 2. The van der Waals surface area contributed by atoms with Crippen molar-refractivity contribution in [3.05, 3.63) is 74.7 Å². The number of aromatic nitrogens is 1. The van der Waals surface area contributed by atoms with Crippen LogP contribution in [0.4, 0.5) is 5.69 Å². The topological polar surface area (TPSA) is 90.5 Å². The zero-order valence-electron chi connectivity index (χ0n) is 17.4. The summed E-state index contributed by atoms with van der Waals surface area (Å²) in [5, 5.41) is 10.9. The third-order valence-corrected chi connectivity index (χ3v) is 10.6. The highest BCUT2D eigenvalue weighted by molar-refractivity contribution is 8.00. The van der Waals surface area contributed by atoms with Crippen molar-refractivity contribution in [2.45, 2.75) is 22.6 Å². The van der Waals surface area contributed by atoms with Crippen molar-refractivity contribution in [2.24, 2.45) is 29.6 Å². The normalized spacial score (nSPS) is 33.8. The molecule has 2 saturated carbocycles. The second kappa shape index (κ2) is 6.84. The molecule has 8 heteroatoms. The van der Waals surface area contributed by atoms with E-state index in [0.29, 0.717) is 5.69 Å². The molecule has 7 atom stereocenters. The number of imide groups is 1. The van der Waals surface area contributed by atoms with Gasteiger partial charge in [0.15, 0.2) is 0 Å². The number of thioether (sulfide) groups is 1. The number of hydrogen-bond acceptors (Lipinski definition) is 6. The van der Waals surface area contributed by atoms with Crippen LogP contribution in [0.5, 0.6) is 5.75 Å². The Morgan fingerprint density at radius 1 is 0.909 bits per heavy atom. The van der Waals surface area contributed by atoms with Crippen LogP contribution in [0.25, 0.3) is 0 Å². The smallest absolute Gasteiger partial charge is 0.305 e. The minimum absolute atomic E-state index is 0.0274. The molecule has 166 valence electrons. The molecule has 2 aromatic carbocycles. The molecule has 2 N–H and O–H groups in total. The van der Waals surface area contributed by atoms with Crippen molar-refractivity contribution in [2.75, 3.05) is 4.90 Å². The molecule has 6 nitrogen and oxygen atoms in total. The maximum absolute atomic E-state index is 13.6. The first-order valence-corrected chi connectivity index (χ1v) is 12.8. The van der Waals surface area contributed by atoms with Gasteiger partial charge in [0, 0.05) is 16.0 Å². The monoisotopic (exact) mass is 476 g/mol. The Balaban J connectivity index is 1.34. The van der Waals surface area contributed by atoms with E-state index < -0.39 is 0 Å². The Morgan fingerprint density at radius 2 is 1.61 bits per heavy atom. The lowest BCUT2D eigenvalue weighted by atomic mass is 9.68. The van der Waals surface area contributed by atoms with Gasteiger partial charge in [-0.2, -0.15) is 0 Å². The van der Waals surface area contributed by atoms with Crippen molar-refractivity contribution in [3.8, 4) is 5.75 Å². The predicted octanol–water partition coefficient (Wildman–Crippen LogP) is 3.82. The molecule has 3 fully saturated rings. The van der Waals surface area contributed by atoms with Crippen LogP contribution >= 0.6 is 23.1 Å². The van der Waals surface area contributed by atoms with Gasteiger partial charge in [0.1, 0.15) is 5.75 Å². The highest BCUT2D eigenvalue weighted by Gasteiger charge is 2.69. The molecule has 4 aliphatic rings.